The first-order valence-corrected chi connectivity index (χ1v) is 9.91. The topological polar surface area (TPSA) is 49.3 Å². The van der Waals surface area contributed by atoms with Crippen molar-refractivity contribution in [3.63, 3.8) is 0 Å². The molecule has 5 heteroatoms. The normalized spacial score (nSPS) is 18.0. The average Bonchev–Trinajstić information content (AvgIpc) is 3.26. The molecule has 0 bridgehead atoms. The molecule has 2 heterocycles. The van der Waals surface area contributed by atoms with E-state index in [2.05, 4.69) is 11.4 Å². The second-order valence-electron chi connectivity index (χ2n) is 6.45. The number of rotatable bonds is 6. The quantitative estimate of drug-likeness (QED) is 0.827. The van der Waals surface area contributed by atoms with Crippen molar-refractivity contribution in [3.05, 3.63) is 44.3 Å². The summed E-state index contributed by atoms with van der Waals surface area (Å²) < 4.78 is 0. The Kier molecular flexibility index (Phi) is 5.19. The maximum absolute atomic E-state index is 12.2. The molecule has 2 aromatic rings. The van der Waals surface area contributed by atoms with E-state index in [0.717, 1.165) is 23.3 Å². The largest absolute Gasteiger partial charge is 0.388 e. The molecule has 1 unspecified atom stereocenters. The lowest BCUT2D eigenvalue weighted by molar-refractivity contribution is -0.120. The molecule has 2 aromatic heterocycles. The molecule has 23 heavy (non-hydrogen) atoms. The van der Waals surface area contributed by atoms with Crippen molar-refractivity contribution in [1.82, 2.24) is 5.32 Å². The van der Waals surface area contributed by atoms with E-state index in [9.17, 15) is 9.90 Å². The van der Waals surface area contributed by atoms with Crippen LogP contribution in [0.2, 0.25) is 0 Å². The number of nitrogens with one attached hydrogen (secondary N) is 1. The van der Waals surface area contributed by atoms with E-state index in [1.807, 2.05) is 22.9 Å². The fourth-order valence-electron chi connectivity index (χ4n) is 3.33. The third kappa shape index (κ3) is 3.84. The number of hydrogen-bond donors (Lipinski definition) is 2. The van der Waals surface area contributed by atoms with Crippen LogP contribution < -0.4 is 5.32 Å². The zero-order valence-electron chi connectivity index (χ0n) is 13.4. The maximum Gasteiger partial charge on any atom is 0.224 e. The summed E-state index contributed by atoms with van der Waals surface area (Å²) >= 11 is 3.32. The van der Waals surface area contributed by atoms with Gasteiger partial charge in [0.1, 0.15) is 0 Å². The monoisotopic (exact) mass is 349 g/mol. The summed E-state index contributed by atoms with van der Waals surface area (Å²) in [5, 5.41) is 16.9. The van der Waals surface area contributed by atoms with Gasteiger partial charge in [-0.25, -0.2) is 0 Å². The molecule has 1 atom stereocenters. The van der Waals surface area contributed by atoms with Crippen LogP contribution in [0.1, 0.15) is 54.0 Å². The summed E-state index contributed by atoms with van der Waals surface area (Å²) in [7, 11) is 0. The number of aliphatic hydroxyl groups excluding tert-OH is 1. The molecule has 3 rings (SSSR count). The summed E-state index contributed by atoms with van der Waals surface area (Å²) in [5.74, 6) is 0.0991. The molecule has 0 aliphatic heterocycles. The molecule has 1 fully saturated rings. The zero-order chi connectivity index (χ0) is 16.3. The number of carbonyl (C=O) groups is 1. The molecule has 124 valence electrons. The highest BCUT2D eigenvalue weighted by Gasteiger charge is 2.37. The SMILES string of the molecule is CC(O)c1ccc(C2(CNC(=O)Cc3ccsc3)CCCC2)s1. The first kappa shape index (κ1) is 16.7. The van der Waals surface area contributed by atoms with Gasteiger partial charge in [-0.1, -0.05) is 12.8 Å². The van der Waals surface area contributed by atoms with Crippen molar-refractivity contribution >= 4 is 28.6 Å². The fourth-order valence-corrected chi connectivity index (χ4v) is 5.19. The van der Waals surface area contributed by atoms with Gasteiger partial charge < -0.3 is 10.4 Å². The molecule has 0 radical (unpaired) electrons. The van der Waals surface area contributed by atoms with Crippen molar-refractivity contribution < 1.29 is 9.90 Å². The van der Waals surface area contributed by atoms with Crippen LogP contribution in [0, 0.1) is 0 Å². The van der Waals surface area contributed by atoms with Gasteiger partial charge in [-0.15, -0.1) is 11.3 Å². The first-order chi connectivity index (χ1) is 11.1. The van der Waals surface area contributed by atoms with E-state index < -0.39 is 6.10 Å². The van der Waals surface area contributed by atoms with E-state index in [4.69, 9.17) is 0 Å². The Balaban J connectivity index is 1.67. The molecule has 1 saturated carbocycles. The van der Waals surface area contributed by atoms with Crippen molar-refractivity contribution in [2.75, 3.05) is 6.54 Å². The van der Waals surface area contributed by atoms with E-state index in [1.165, 1.54) is 17.7 Å². The van der Waals surface area contributed by atoms with Crippen LogP contribution in [0.5, 0.6) is 0 Å². The van der Waals surface area contributed by atoms with Crippen LogP contribution in [0.4, 0.5) is 0 Å². The summed E-state index contributed by atoms with van der Waals surface area (Å²) in [5.41, 5.74) is 1.14. The Morgan fingerprint density at radius 1 is 1.35 bits per heavy atom. The Bertz CT molecular complexity index is 640. The van der Waals surface area contributed by atoms with Crippen molar-refractivity contribution in [2.45, 2.75) is 50.5 Å². The summed E-state index contributed by atoms with van der Waals surface area (Å²) in [6.45, 7) is 2.51. The minimum Gasteiger partial charge on any atom is -0.388 e. The summed E-state index contributed by atoms with van der Waals surface area (Å²) in [6, 6.07) is 6.17. The molecule has 0 spiro atoms. The van der Waals surface area contributed by atoms with E-state index in [1.54, 1.807) is 29.6 Å². The first-order valence-electron chi connectivity index (χ1n) is 8.15. The van der Waals surface area contributed by atoms with Gasteiger partial charge in [0.05, 0.1) is 12.5 Å². The molecule has 1 aliphatic rings. The lowest BCUT2D eigenvalue weighted by Crippen LogP contribution is -2.39. The van der Waals surface area contributed by atoms with E-state index in [0.29, 0.717) is 13.0 Å². The van der Waals surface area contributed by atoms with E-state index >= 15 is 0 Å². The smallest absolute Gasteiger partial charge is 0.224 e. The predicted molar refractivity (Wildman–Crippen MR) is 96.1 cm³/mol. The Morgan fingerprint density at radius 2 is 2.13 bits per heavy atom. The Morgan fingerprint density at radius 3 is 2.74 bits per heavy atom. The molecule has 1 aliphatic carbocycles. The molecular formula is C18H23NO2S2. The number of thiophene rings is 2. The van der Waals surface area contributed by atoms with Crippen LogP contribution >= 0.6 is 22.7 Å². The van der Waals surface area contributed by atoms with Crippen molar-refractivity contribution in [1.29, 1.82) is 0 Å². The standard InChI is InChI=1S/C18H23NO2S2/c1-13(20)15-4-5-16(23-15)18(7-2-3-8-18)12-19-17(21)10-14-6-9-22-11-14/h4-6,9,11,13,20H,2-3,7-8,10,12H2,1H3,(H,19,21). The maximum atomic E-state index is 12.2. The van der Waals surface area contributed by atoms with Crippen molar-refractivity contribution in [3.8, 4) is 0 Å². The highest BCUT2D eigenvalue weighted by molar-refractivity contribution is 7.12. The summed E-state index contributed by atoms with van der Waals surface area (Å²) in [6.07, 6.45) is 4.70. The third-order valence-corrected chi connectivity index (χ3v) is 6.92. The van der Waals surface area contributed by atoms with Gasteiger partial charge in [0.25, 0.3) is 0 Å². The van der Waals surface area contributed by atoms with Gasteiger partial charge in [0.2, 0.25) is 5.91 Å². The van der Waals surface area contributed by atoms with Gasteiger partial charge in [-0.2, -0.15) is 11.3 Å². The zero-order valence-corrected chi connectivity index (χ0v) is 15.0. The van der Waals surface area contributed by atoms with Gasteiger partial charge >= 0.3 is 0 Å². The second kappa shape index (κ2) is 7.16. The minimum atomic E-state index is -0.416. The number of aliphatic hydroxyl groups is 1. The number of hydrogen-bond acceptors (Lipinski definition) is 4. The van der Waals surface area contributed by atoms with E-state index in [-0.39, 0.29) is 11.3 Å². The molecule has 1 amide bonds. The van der Waals surface area contributed by atoms with Crippen LogP contribution in [0.15, 0.2) is 29.0 Å². The third-order valence-electron chi connectivity index (χ3n) is 4.69. The Hall–Kier alpha value is -1.17. The van der Waals surface area contributed by atoms with Crippen LogP contribution in [0.25, 0.3) is 0 Å². The lowest BCUT2D eigenvalue weighted by atomic mass is 9.84. The van der Waals surface area contributed by atoms with Crippen LogP contribution in [0.3, 0.4) is 0 Å². The number of carbonyl (C=O) groups excluding carboxylic acids is 1. The van der Waals surface area contributed by atoms with Gasteiger partial charge in [-0.3, -0.25) is 4.79 Å². The predicted octanol–water partition coefficient (Wildman–Crippen LogP) is 4.03. The minimum absolute atomic E-state index is 0.0577. The highest BCUT2D eigenvalue weighted by Crippen LogP contribution is 2.44. The average molecular weight is 350 g/mol. The second-order valence-corrected chi connectivity index (χ2v) is 8.35. The van der Waals surface area contributed by atoms with Gasteiger partial charge in [-0.05, 0) is 54.3 Å². The van der Waals surface area contributed by atoms with Crippen molar-refractivity contribution in [2.24, 2.45) is 0 Å². The summed E-state index contributed by atoms with van der Waals surface area (Å²) in [4.78, 5) is 14.5. The lowest BCUT2D eigenvalue weighted by Gasteiger charge is -2.28. The molecule has 0 aromatic carbocycles. The fraction of sp³-hybridized carbons (Fsp3) is 0.500. The van der Waals surface area contributed by atoms with Gasteiger partial charge in [0.15, 0.2) is 0 Å². The van der Waals surface area contributed by atoms with Gasteiger partial charge in [0, 0.05) is 21.7 Å². The molecule has 0 saturated heterocycles. The molecule has 3 nitrogen and oxygen atoms in total. The molecular weight excluding hydrogens is 326 g/mol. The number of amides is 1. The highest BCUT2D eigenvalue weighted by atomic mass is 32.1. The van der Waals surface area contributed by atoms with Crippen LogP contribution in [-0.4, -0.2) is 17.6 Å². The van der Waals surface area contributed by atoms with Crippen LogP contribution in [-0.2, 0) is 16.6 Å². The molecule has 2 N–H and O–H groups in total. The Labute approximate surface area is 145 Å².